The lowest BCUT2D eigenvalue weighted by atomic mass is 10.0. The van der Waals surface area contributed by atoms with E-state index in [9.17, 15) is 9.59 Å². The standard InChI is InChI=1S/C15H20N2O2S/c1-9-7-10(2)12(4)14(11(9)3)20-6-5-17-13(18)8-16-15(17)19/h7H,5-6,8H2,1-4H3,(H,16,19). The summed E-state index contributed by atoms with van der Waals surface area (Å²) in [6.45, 7) is 9.06. The summed E-state index contributed by atoms with van der Waals surface area (Å²) >= 11 is 1.72. The van der Waals surface area contributed by atoms with Crippen molar-refractivity contribution in [3.63, 3.8) is 0 Å². The van der Waals surface area contributed by atoms with Gasteiger partial charge in [-0.25, -0.2) is 4.79 Å². The zero-order valence-electron chi connectivity index (χ0n) is 12.4. The van der Waals surface area contributed by atoms with Gasteiger partial charge in [0.05, 0.1) is 6.54 Å². The van der Waals surface area contributed by atoms with E-state index in [0.717, 1.165) is 5.75 Å². The highest BCUT2D eigenvalue weighted by atomic mass is 32.2. The normalized spacial score (nSPS) is 14.9. The molecule has 4 nitrogen and oxygen atoms in total. The molecule has 1 aromatic rings. The highest BCUT2D eigenvalue weighted by molar-refractivity contribution is 7.99. The molecule has 0 saturated carbocycles. The molecule has 0 aromatic heterocycles. The summed E-state index contributed by atoms with van der Waals surface area (Å²) in [7, 11) is 0. The van der Waals surface area contributed by atoms with Crippen LogP contribution in [0.2, 0.25) is 0 Å². The molecule has 1 N–H and O–H groups in total. The van der Waals surface area contributed by atoms with Gasteiger partial charge in [-0.2, -0.15) is 0 Å². The van der Waals surface area contributed by atoms with Crippen molar-refractivity contribution < 1.29 is 9.59 Å². The Hall–Kier alpha value is -1.49. The molecule has 1 heterocycles. The number of nitrogens with one attached hydrogen (secondary N) is 1. The Balaban J connectivity index is 2.05. The van der Waals surface area contributed by atoms with E-state index < -0.39 is 0 Å². The van der Waals surface area contributed by atoms with Crippen molar-refractivity contribution in [2.45, 2.75) is 32.6 Å². The number of thioether (sulfide) groups is 1. The largest absolute Gasteiger partial charge is 0.329 e. The molecule has 5 heteroatoms. The lowest BCUT2D eigenvalue weighted by Gasteiger charge is -2.16. The molecule has 0 aliphatic carbocycles. The van der Waals surface area contributed by atoms with Crippen LogP contribution in [-0.2, 0) is 4.79 Å². The lowest BCUT2D eigenvalue weighted by molar-refractivity contribution is -0.124. The zero-order chi connectivity index (χ0) is 14.9. The van der Waals surface area contributed by atoms with Gasteiger partial charge >= 0.3 is 6.03 Å². The maximum atomic E-state index is 11.5. The van der Waals surface area contributed by atoms with Crippen molar-refractivity contribution in [1.82, 2.24) is 10.2 Å². The summed E-state index contributed by atoms with van der Waals surface area (Å²) in [5, 5.41) is 2.54. The second-order valence-corrected chi connectivity index (χ2v) is 6.25. The molecule has 20 heavy (non-hydrogen) atoms. The Morgan fingerprint density at radius 3 is 2.25 bits per heavy atom. The van der Waals surface area contributed by atoms with Gasteiger partial charge in [0.15, 0.2) is 0 Å². The van der Waals surface area contributed by atoms with Gasteiger partial charge in [-0.15, -0.1) is 11.8 Å². The third-order valence-corrected chi connectivity index (χ3v) is 5.08. The topological polar surface area (TPSA) is 49.4 Å². The maximum Gasteiger partial charge on any atom is 0.324 e. The molecule has 0 bridgehead atoms. The predicted octanol–water partition coefficient (Wildman–Crippen LogP) is 2.56. The number of benzene rings is 1. The van der Waals surface area contributed by atoms with E-state index in [1.54, 1.807) is 11.8 Å². The molecule has 0 radical (unpaired) electrons. The first kappa shape index (κ1) is 14.9. The molecule has 0 unspecified atom stereocenters. The van der Waals surface area contributed by atoms with Crippen molar-refractivity contribution in [3.05, 3.63) is 28.3 Å². The van der Waals surface area contributed by atoms with Crippen molar-refractivity contribution in [3.8, 4) is 0 Å². The molecule has 1 aliphatic rings. The fourth-order valence-electron chi connectivity index (χ4n) is 2.32. The van der Waals surface area contributed by atoms with Crippen molar-refractivity contribution in [2.24, 2.45) is 0 Å². The second kappa shape index (κ2) is 5.87. The summed E-state index contributed by atoms with van der Waals surface area (Å²) in [4.78, 5) is 25.5. The molecule has 0 spiro atoms. The number of aryl methyl sites for hydroxylation is 2. The Morgan fingerprint density at radius 2 is 1.75 bits per heavy atom. The fraction of sp³-hybridized carbons (Fsp3) is 0.467. The summed E-state index contributed by atoms with van der Waals surface area (Å²) in [5.74, 6) is 0.591. The van der Waals surface area contributed by atoms with Crippen LogP contribution in [-0.4, -0.2) is 35.7 Å². The number of hydrogen-bond donors (Lipinski definition) is 1. The van der Waals surface area contributed by atoms with Gasteiger partial charge in [-0.1, -0.05) is 6.07 Å². The van der Waals surface area contributed by atoms with E-state index in [-0.39, 0.29) is 18.5 Å². The van der Waals surface area contributed by atoms with Gasteiger partial charge in [-0.3, -0.25) is 9.69 Å². The van der Waals surface area contributed by atoms with Crippen LogP contribution < -0.4 is 5.32 Å². The Labute approximate surface area is 123 Å². The van der Waals surface area contributed by atoms with Gasteiger partial charge in [0.25, 0.3) is 0 Å². The van der Waals surface area contributed by atoms with Crippen LogP contribution in [0.15, 0.2) is 11.0 Å². The zero-order valence-corrected chi connectivity index (χ0v) is 13.2. The van der Waals surface area contributed by atoms with Crippen molar-refractivity contribution in [1.29, 1.82) is 0 Å². The van der Waals surface area contributed by atoms with Crippen LogP contribution in [0.25, 0.3) is 0 Å². The second-order valence-electron chi connectivity index (χ2n) is 5.14. The first-order valence-electron chi connectivity index (χ1n) is 6.70. The van der Waals surface area contributed by atoms with Gasteiger partial charge in [0, 0.05) is 17.2 Å². The summed E-state index contributed by atoms with van der Waals surface area (Å²) in [5.41, 5.74) is 5.14. The van der Waals surface area contributed by atoms with Gasteiger partial charge in [-0.05, 0) is 49.9 Å². The average molecular weight is 292 g/mol. The quantitative estimate of drug-likeness (QED) is 0.685. The van der Waals surface area contributed by atoms with Crippen LogP contribution in [0.1, 0.15) is 22.3 Å². The number of amides is 3. The minimum atomic E-state index is -0.274. The predicted molar refractivity (Wildman–Crippen MR) is 81.2 cm³/mol. The smallest absolute Gasteiger partial charge is 0.324 e. The number of urea groups is 1. The average Bonchev–Trinajstić information content (AvgIpc) is 2.71. The van der Waals surface area contributed by atoms with E-state index in [4.69, 9.17) is 0 Å². The molecule has 3 amide bonds. The molecule has 1 saturated heterocycles. The summed E-state index contributed by atoms with van der Waals surface area (Å²) in [6.07, 6.45) is 0. The Bertz CT molecular complexity index is 527. The number of imide groups is 1. The lowest BCUT2D eigenvalue weighted by Crippen LogP contribution is -2.32. The summed E-state index contributed by atoms with van der Waals surface area (Å²) in [6, 6.07) is 1.93. The van der Waals surface area contributed by atoms with E-state index in [0.29, 0.717) is 6.54 Å². The Kier molecular flexibility index (Phi) is 4.38. The highest BCUT2D eigenvalue weighted by Gasteiger charge is 2.27. The number of hydrogen-bond acceptors (Lipinski definition) is 3. The molecule has 1 aliphatic heterocycles. The van der Waals surface area contributed by atoms with Crippen molar-refractivity contribution in [2.75, 3.05) is 18.8 Å². The van der Waals surface area contributed by atoms with E-state index in [2.05, 4.69) is 39.1 Å². The molecule has 108 valence electrons. The molecule has 1 aromatic carbocycles. The monoisotopic (exact) mass is 292 g/mol. The van der Waals surface area contributed by atoms with E-state index >= 15 is 0 Å². The van der Waals surface area contributed by atoms with Crippen LogP contribution in [0.5, 0.6) is 0 Å². The first-order chi connectivity index (χ1) is 9.41. The van der Waals surface area contributed by atoms with Gasteiger partial charge in [0.1, 0.15) is 0 Å². The van der Waals surface area contributed by atoms with Crippen LogP contribution in [0, 0.1) is 27.7 Å². The van der Waals surface area contributed by atoms with Gasteiger partial charge in [0.2, 0.25) is 5.91 Å². The van der Waals surface area contributed by atoms with Gasteiger partial charge < -0.3 is 5.32 Å². The Morgan fingerprint density at radius 1 is 1.15 bits per heavy atom. The minimum Gasteiger partial charge on any atom is -0.329 e. The first-order valence-corrected chi connectivity index (χ1v) is 7.68. The molecule has 1 fully saturated rings. The number of rotatable bonds is 4. The van der Waals surface area contributed by atoms with Crippen LogP contribution in [0.4, 0.5) is 4.79 Å². The fourth-order valence-corrected chi connectivity index (χ4v) is 3.55. The van der Waals surface area contributed by atoms with E-state index in [1.807, 2.05) is 0 Å². The third kappa shape index (κ3) is 2.82. The molecular formula is C15H20N2O2S. The SMILES string of the molecule is Cc1cc(C)c(C)c(SCCN2C(=O)CNC2=O)c1C. The van der Waals surface area contributed by atoms with E-state index in [1.165, 1.54) is 32.0 Å². The summed E-state index contributed by atoms with van der Waals surface area (Å²) < 4.78 is 0. The van der Waals surface area contributed by atoms with Crippen molar-refractivity contribution >= 4 is 23.7 Å². The third-order valence-electron chi connectivity index (χ3n) is 3.80. The number of nitrogens with zero attached hydrogens (tertiary/aromatic N) is 1. The molecule has 0 atom stereocenters. The minimum absolute atomic E-state index is 0.130. The number of carbonyl (C=O) groups excluding carboxylic acids is 2. The highest BCUT2D eigenvalue weighted by Crippen LogP contribution is 2.30. The van der Waals surface area contributed by atoms with Crippen LogP contribution >= 0.6 is 11.8 Å². The van der Waals surface area contributed by atoms with Crippen LogP contribution in [0.3, 0.4) is 0 Å². The molecular weight excluding hydrogens is 272 g/mol. The number of carbonyl (C=O) groups is 2. The molecule has 2 rings (SSSR count). The maximum absolute atomic E-state index is 11.5.